The van der Waals surface area contributed by atoms with Gasteiger partial charge in [-0.25, -0.2) is 4.98 Å². The summed E-state index contributed by atoms with van der Waals surface area (Å²) in [6.07, 6.45) is 1.46. The van der Waals surface area contributed by atoms with Gasteiger partial charge in [0.15, 0.2) is 0 Å². The molecule has 1 aromatic heterocycles. The number of pyridine rings is 1. The van der Waals surface area contributed by atoms with Crippen molar-refractivity contribution < 1.29 is 9.72 Å². The molecule has 7 nitrogen and oxygen atoms in total. The highest BCUT2D eigenvalue weighted by Crippen LogP contribution is 2.27. The monoisotopic (exact) mass is 328 g/mol. The fourth-order valence-corrected chi connectivity index (χ4v) is 2.44. The van der Waals surface area contributed by atoms with Gasteiger partial charge in [0, 0.05) is 25.4 Å². The highest BCUT2D eigenvalue weighted by molar-refractivity contribution is 5.86. The van der Waals surface area contributed by atoms with E-state index in [0.29, 0.717) is 13.1 Å². The number of benzene rings is 1. The molecular formula is C17H20N4O3. The van der Waals surface area contributed by atoms with Crippen LogP contribution in [0.15, 0.2) is 48.7 Å². The zero-order valence-electron chi connectivity index (χ0n) is 13.7. The summed E-state index contributed by atoms with van der Waals surface area (Å²) in [6.45, 7) is 4.91. The van der Waals surface area contributed by atoms with E-state index in [4.69, 9.17) is 0 Å². The molecule has 0 aliphatic rings. The highest BCUT2D eigenvalue weighted by Gasteiger charge is 2.27. The van der Waals surface area contributed by atoms with E-state index in [1.165, 1.54) is 18.3 Å². The van der Waals surface area contributed by atoms with Crippen molar-refractivity contribution in [2.45, 2.75) is 19.9 Å². The molecule has 1 aromatic carbocycles. The molecule has 0 saturated heterocycles. The molecule has 0 aliphatic heterocycles. The van der Waals surface area contributed by atoms with E-state index in [1.54, 1.807) is 4.90 Å². The third-order valence-corrected chi connectivity index (χ3v) is 3.72. The van der Waals surface area contributed by atoms with Crippen LogP contribution in [-0.2, 0) is 4.79 Å². The summed E-state index contributed by atoms with van der Waals surface area (Å²) in [4.78, 5) is 29.2. The van der Waals surface area contributed by atoms with E-state index in [1.807, 2.05) is 44.2 Å². The number of nitrogens with zero attached hydrogens (tertiary/aromatic N) is 3. The first-order valence-corrected chi connectivity index (χ1v) is 7.78. The predicted octanol–water partition coefficient (Wildman–Crippen LogP) is 3.01. The van der Waals surface area contributed by atoms with Gasteiger partial charge in [0.25, 0.3) is 0 Å². The van der Waals surface area contributed by atoms with Gasteiger partial charge >= 0.3 is 5.69 Å². The van der Waals surface area contributed by atoms with Gasteiger partial charge in [0.1, 0.15) is 6.04 Å². The van der Waals surface area contributed by atoms with Gasteiger partial charge in [-0.3, -0.25) is 14.9 Å². The summed E-state index contributed by atoms with van der Waals surface area (Å²) in [5.74, 6) is -0.0667. The second-order valence-corrected chi connectivity index (χ2v) is 5.13. The molecule has 0 spiro atoms. The third kappa shape index (κ3) is 3.87. The van der Waals surface area contributed by atoms with Crippen molar-refractivity contribution in [3.63, 3.8) is 0 Å². The van der Waals surface area contributed by atoms with E-state index in [-0.39, 0.29) is 17.4 Å². The Kier molecular flexibility index (Phi) is 5.83. The van der Waals surface area contributed by atoms with Crippen molar-refractivity contribution in [3.8, 4) is 0 Å². The van der Waals surface area contributed by atoms with E-state index in [2.05, 4.69) is 10.3 Å². The van der Waals surface area contributed by atoms with Crippen molar-refractivity contribution in [1.82, 2.24) is 9.88 Å². The van der Waals surface area contributed by atoms with Crippen molar-refractivity contribution in [2.75, 3.05) is 18.4 Å². The molecule has 0 radical (unpaired) electrons. The van der Waals surface area contributed by atoms with Crippen LogP contribution in [-0.4, -0.2) is 33.8 Å². The van der Waals surface area contributed by atoms with Crippen LogP contribution in [0.25, 0.3) is 0 Å². The summed E-state index contributed by atoms with van der Waals surface area (Å²) in [5.41, 5.74) is 0.570. The van der Waals surface area contributed by atoms with Crippen LogP contribution < -0.4 is 5.32 Å². The molecular weight excluding hydrogens is 308 g/mol. The van der Waals surface area contributed by atoms with Gasteiger partial charge in [-0.2, -0.15) is 0 Å². The summed E-state index contributed by atoms with van der Waals surface area (Å²) in [6, 6.07) is 11.2. The van der Waals surface area contributed by atoms with Crippen molar-refractivity contribution >= 4 is 17.4 Å². The van der Waals surface area contributed by atoms with Gasteiger partial charge in [0.2, 0.25) is 11.7 Å². The van der Waals surface area contributed by atoms with E-state index < -0.39 is 11.0 Å². The molecule has 0 saturated carbocycles. The first-order valence-electron chi connectivity index (χ1n) is 7.78. The van der Waals surface area contributed by atoms with Crippen molar-refractivity contribution in [3.05, 3.63) is 64.3 Å². The van der Waals surface area contributed by atoms with E-state index in [9.17, 15) is 14.9 Å². The Balaban J connectivity index is 2.41. The average molecular weight is 328 g/mol. The molecule has 2 rings (SSSR count). The Labute approximate surface area is 140 Å². The Hall–Kier alpha value is -2.96. The maximum atomic E-state index is 12.9. The first-order chi connectivity index (χ1) is 11.6. The number of hydrogen-bond acceptors (Lipinski definition) is 5. The minimum Gasteiger partial charge on any atom is -0.349 e. The summed E-state index contributed by atoms with van der Waals surface area (Å²) in [5, 5.41) is 14.1. The van der Waals surface area contributed by atoms with Gasteiger partial charge < -0.3 is 10.2 Å². The number of nitro groups is 1. The van der Waals surface area contributed by atoms with E-state index >= 15 is 0 Å². The molecule has 2 aromatic rings. The summed E-state index contributed by atoms with van der Waals surface area (Å²) < 4.78 is 0. The third-order valence-electron chi connectivity index (χ3n) is 3.72. The Bertz CT molecular complexity index is 702. The molecule has 7 heteroatoms. The molecule has 0 unspecified atom stereocenters. The Morgan fingerprint density at radius 3 is 2.46 bits per heavy atom. The smallest absolute Gasteiger partial charge is 0.311 e. The van der Waals surface area contributed by atoms with Crippen molar-refractivity contribution in [2.24, 2.45) is 0 Å². The van der Waals surface area contributed by atoms with Crippen LogP contribution in [0.4, 0.5) is 11.5 Å². The zero-order valence-corrected chi connectivity index (χ0v) is 13.7. The second-order valence-electron chi connectivity index (χ2n) is 5.13. The van der Waals surface area contributed by atoms with Crippen LogP contribution in [0, 0.1) is 10.1 Å². The fraction of sp³-hybridized carbons (Fsp3) is 0.294. The number of aromatic nitrogens is 1. The number of amides is 1. The molecule has 0 fully saturated rings. The molecule has 126 valence electrons. The van der Waals surface area contributed by atoms with Crippen LogP contribution in [0.1, 0.15) is 25.5 Å². The normalized spacial score (nSPS) is 11.6. The largest absolute Gasteiger partial charge is 0.349 e. The lowest BCUT2D eigenvalue weighted by Gasteiger charge is -2.26. The average Bonchev–Trinajstić information content (AvgIpc) is 2.61. The highest BCUT2D eigenvalue weighted by atomic mass is 16.6. The number of rotatable bonds is 7. The first kappa shape index (κ1) is 17.4. The Morgan fingerprint density at radius 1 is 1.21 bits per heavy atom. The van der Waals surface area contributed by atoms with Crippen LogP contribution in [0.2, 0.25) is 0 Å². The van der Waals surface area contributed by atoms with Gasteiger partial charge in [-0.1, -0.05) is 30.3 Å². The van der Waals surface area contributed by atoms with Crippen molar-refractivity contribution in [1.29, 1.82) is 0 Å². The maximum Gasteiger partial charge on any atom is 0.311 e. The predicted molar refractivity (Wildman–Crippen MR) is 91.6 cm³/mol. The quantitative estimate of drug-likeness (QED) is 0.623. The lowest BCUT2D eigenvalue weighted by molar-refractivity contribution is -0.384. The van der Waals surface area contributed by atoms with Crippen LogP contribution >= 0.6 is 0 Å². The van der Waals surface area contributed by atoms with Gasteiger partial charge in [-0.15, -0.1) is 0 Å². The summed E-state index contributed by atoms with van der Waals surface area (Å²) in [7, 11) is 0. The molecule has 1 N–H and O–H groups in total. The maximum absolute atomic E-state index is 12.9. The lowest BCUT2D eigenvalue weighted by Crippen LogP contribution is -2.38. The molecule has 1 atom stereocenters. The van der Waals surface area contributed by atoms with Crippen LogP contribution in [0.5, 0.6) is 0 Å². The number of anilines is 1. The van der Waals surface area contributed by atoms with Crippen LogP contribution in [0.3, 0.4) is 0 Å². The van der Waals surface area contributed by atoms with Gasteiger partial charge in [-0.05, 0) is 25.5 Å². The molecule has 1 heterocycles. The number of nitrogens with one attached hydrogen (secondary N) is 1. The Morgan fingerprint density at radius 2 is 1.88 bits per heavy atom. The second kappa shape index (κ2) is 8.05. The minimum atomic E-state index is -0.736. The SMILES string of the molecule is CCN(CC)C(=O)[C@H](Nc1ncccc1[N+](=O)[O-])c1ccccc1. The number of likely N-dealkylation sites (N-methyl/N-ethyl adjacent to an activating group) is 1. The number of hydrogen-bond donors (Lipinski definition) is 1. The summed E-state index contributed by atoms with van der Waals surface area (Å²) >= 11 is 0. The standard InChI is InChI=1S/C17H20N4O3/c1-3-20(4-2)17(22)15(13-9-6-5-7-10-13)19-16-14(21(23)24)11-8-12-18-16/h5-12,15H,3-4H2,1-2H3,(H,18,19)/t15-/m1/s1. The van der Waals surface area contributed by atoms with E-state index in [0.717, 1.165) is 5.56 Å². The molecule has 1 amide bonds. The molecule has 0 aliphatic carbocycles. The minimum absolute atomic E-state index is 0.0804. The molecule has 0 bridgehead atoms. The zero-order chi connectivity index (χ0) is 17.5. The fourth-order valence-electron chi connectivity index (χ4n) is 2.44. The topological polar surface area (TPSA) is 88.4 Å². The number of carbonyl (C=O) groups is 1. The van der Waals surface area contributed by atoms with Gasteiger partial charge in [0.05, 0.1) is 4.92 Å². The molecule has 24 heavy (non-hydrogen) atoms. The lowest BCUT2D eigenvalue weighted by atomic mass is 10.1. The number of carbonyl (C=O) groups excluding carboxylic acids is 1.